The lowest BCUT2D eigenvalue weighted by molar-refractivity contribution is -0.116. The first kappa shape index (κ1) is 23.4. The van der Waals surface area contributed by atoms with E-state index in [1.165, 1.54) is 12.8 Å². The van der Waals surface area contributed by atoms with Crippen LogP contribution < -0.4 is 15.6 Å². The van der Waals surface area contributed by atoms with Gasteiger partial charge in [0.05, 0.1) is 6.21 Å². The summed E-state index contributed by atoms with van der Waals surface area (Å²) in [5.74, 6) is -0.379. The highest BCUT2D eigenvalue weighted by Gasteiger charge is 2.13. The number of amides is 2. The van der Waals surface area contributed by atoms with Crippen molar-refractivity contribution in [1.82, 2.24) is 9.99 Å². The predicted molar refractivity (Wildman–Crippen MR) is 145 cm³/mol. The van der Waals surface area contributed by atoms with Crippen molar-refractivity contribution < 1.29 is 9.59 Å². The summed E-state index contributed by atoms with van der Waals surface area (Å²) in [5.41, 5.74) is 7.92. The van der Waals surface area contributed by atoms with Gasteiger partial charge in [-0.15, -0.1) is 0 Å². The van der Waals surface area contributed by atoms with Crippen LogP contribution in [0.1, 0.15) is 34.3 Å². The van der Waals surface area contributed by atoms with Crippen LogP contribution >= 0.6 is 0 Å². The molecule has 2 N–H and O–H groups in total. The molecule has 4 aromatic rings. The monoisotopic (exact) mass is 479 g/mol. The van der Waals surface area contributed by atoms with E-state index < -0.39 is 0 Å². The Kier molecular flexibility index (Phi) is 6.80. The number of fused-ring (bicyclic) bond motifs is 1. The molecular formula is C29H29N5O2. The number of benzene rings is 3. The summed E-state index contributed by atoms with van der Waals surface area (Å²) in [6.45, 7) is 4.29. The Morgan fingerprint density at radius 2 is 1.75 bits per heavy atom. The number of nitrogens with zero attached hydrogens (tertiary/aromatic N) is 3. The average molecular weight is 480 g/mol. The van der Waals surface area contributed by atoms with Crippen molar-refractivity contribution in [3.8, 4) is 0 Å². The molecule has 2 heterocycles. The second kappa shape index (κ2) is 10.5. The van der Waals surface area contributed by atoms with E-state index in [0.717, 1.165) is 46.5 Å². The molecule has 1 aliphatic heterocycles. The van der Waals surface area contributed by atoms with Gasteiger partial charge in [0.15, 0.2) is 0 Å². The van der Waals surface area contributed by atoms with Gasteiger partial charge in [-0.25, -0.2) is 5.43 Å². The number of para-hydroxylation sites is 1. The number of aromatic nitrogens is 1. The summed E-state index contributed by atoms with van der Waals surface area (Å²) < 4.78 is 1.89. The van der Waals surface area contributed by atoms with Crippen LogP contribution in [0.5, 0.6) is 0 Å². The Morgan fingerprint density at radius 1 is 0.972 bits per heavy atom. The highest BCUT2D eigenvalue weighted by Crippen LogP contribution is 2.22. The zero-order valence-corrected chi connectivity index (χ0v) is 20.3. The van der Waals surface area contributed by atoms with Gasteiger partial charge in [-0.3, -0.25) is 9.59 Å². The van der Waals surface area contributed by atoms with Crippen LogP contribution in [0.2, 0.25) is 0 Å². The fraction of sp³-hybridized carbons (Fsp3) is 0.207. The molecule has 182 valence electrons. The van der Waals surface area contributed by atoms with E-state index in [4.69, 9.17) is 0 Å². The number of carbonyl (C=O) groups is 2. The van der Waals surface area contributed by atoms with Gasteiger partial charge in [-0.2, -0.15) is 5.10 Å². The summed E-state index contributed by atoms with van der Waals surface area (Å²) in [6, 6.07) is 23.2. The van der Waals surface area contributed by atoms with Gasteiger partial charge >= 0.3 is 0 Å². The third-order valence-corrected chi connectivity index (χ3v) is 6.41. The fourth-order valence-electron chi connectivity index (χ4n) is 4.61. The van der Waals surface area contributed by atoms with Crippen LogP contribution in [0.15, 0.2) is 84.1 Å². The summed E-state index contributed by atoms with van der Waals surface area (Å²) in [4.78, 5) is 27.6. The van der Waals surface area contributed by atoms with Gasteiger partial charge in [0.2, 0.25) is 5.91 Å². The van der Waals surface area contributed by atoms with E-state index in [9.17, 15) is 9.59 Å². The van der Waals surface area contributed by atoms with Crippen molar-refractivity contribution in [1.29, 1.82) is 0 Å². The molecule has 36 heavy (non-hydrogen) atoms. The number of carbonyl (C=O) groups excluding carboxylic acids is 2. The maximum absolute atomic E-state index is 12.7. The highest BCUT2D eigenvalue weighted by atomic mass is 16.2. The minimum absolute atomic E-state index is 0.115. The molecule has 5 rings (SSSR count). The summed E-state index contributed by atoms with van der Waals surface area (Å²) in [7, 11) is 0. The molecular weight excluding hydrogens is 450 g/mol. The molecule has 7 heteroatoms. The van der Waals surface area contributed by atoms with E-state index in [-0.39, 0.29) is 18.4 Å². The lowest BCUT2D eigenvalue weighted by atomic mass is 10.2. The number of aryl methyl sites for hydroxylation is 1. The van der Waals surface area contributed by atoms with Crippen LogP contribution in [0.25, 0.3) is 10.9 Å². The molecule has 1 fully saturated rings. The Balaban J connectivity index is 1.26. The largest absolute Gasteiger partial charge is 0.372 e. The molecule has 7 nitrogen and oxygen atoms in total. The first-order valence-electron chi connectivity index (χ1n) is 12.2. The van der Waals surface area contributed by atoms with Crippen LogP contribution in [0.3, 0.4) is 0 Å². The first-order valence-corrected chi connectivity index (χ1v) is 12.2. The Hall–Kier alpha value is -4.39. The third kappa shape index (κ3) is 5.30. The topological polar surface area (TPSA) is 78.7 Å². The number of rotatable bonds is 7. The zero-order valence-electron chi connectivity index (χ0n) is 20.3. The quantitative estimate of drug-likeness (QED) is 0.291. The molecule has 3 aromatic carbocycles. The average Bonchev–Trinajstić information content (AvgIpc) is 3.53. The Bertz CT molecular complexity index is 1420. The molecule has 2 amide bonds. The second-order valence-corrected chi connectivity index (χ2v) is 9.09. The Labute approximate surface area is 210 Å². The fourth-order valence-corrected chi connectivity index (χ4v) is 4.61. The lowest BCUT2D eigenvalue weighted by Gasteiger charge is -2.17. The molecule has 1 saturated heterocycles. The molecule has 0 aliphatic carbocycles. The van der Waals surface area contributed by atoms with Crippen LogP contribution in [-0.4, -0.2) is 35.7 Å². The molecule has 1 aliphatic rings. The number of nitrogens with one attached hydrogen (secondary N) is 2. The Morgan fingerprint density at radius 3 is 2.53 bits per heavy atom. The molecule has 0 bridgehead atoms. The number of anilines is 2. The second-order valence-electron chi connectivity index (χ2n) is 9.09. The highest BCUT2D eigenvalue weighted by molar-refractivity contribution is 6.01. The minimum atomic E-state index is -0.263. The molecule has 0 saturated carbocycles. The van der Waals surface area contributed by atoms with Gasteiger partial charge in [0.25, 0.3) is 5.91 Å². The van der Waals surface area contributed by atoms with Crippen molar-refractivity contribution >= 4 is 40.3 Å². The summed E-state index contributed by atoms with van der Waals surface area (Å²) in [6.07, 6.45) is 5.92. The van der Waals surface area contributed by atoms with Gasteiger partial charge in [0.1, 0.15) is 6.54 Å². The van der Waals surface area contributed by atoms with Crippen LogP contribution in [-0.2, 0) is 11.3 Å². The zero-order chi connectivity index (χ0) is 24.9. The van der Waals surface area contributed by atoms with Crippen LogP contribution in [0.4, 0.5) is 11.4 Å². The van der Waals surface area contributed by atoms with Crippen molar-refractivity contribution in [3.05, 3.63) is 95.7 Å². The van der Waals surface area contributed by atoms with Gasteiger partial charge < -0.3 is 14.8 Å². The van der Waals surface area contributed by atoms with E-state index in [1.807, 2.05) is 90.5 Å². The summed E-state index contributed by atoms with van der Waals surface area (Å²) in [5, 5.41) is 8.09. The van der Waals surface area contributed by atoms with E-state index in [1.54, 1.807) is 6.21 Å². The maximum Gasteiger partial charge on any atom is 0.271 e. The van der Waals surface area contributed by atoms with Crippen LogP contribution in [0, 0.1) is 6.92 Å². The van der Waals surface area contributed by atoms with Crippen molar-refractivity contribution in [3.63, 3.8) is 0 Å². The maximum atomic E-state index is 12.7. The number of hydrogen-bond acceptors (Lipinski definition) is 4. The normalized spacial score (nSPS) is 13.4. The standard InChI is InChI=1S/C29H29N5O2/c1-21-7-6-8-24(17-21)31-28(35)20-34-19-23(26-9-2-3-10-27(26)34)18-30-32-29(36)22-11-13-25(14-12-22)33-15-4-5-16-33/h2-3,6-14,17-19H,4-5,15-16,20H2,1H3,(H,31,35)(H,32,36)/b30-18-. The van der Waals surface area contributed by atoms with Gasteiger partial charge in [-0.05, 0) is 67.8 Å². The van der Waals surface area contributed by atoms with E-state index in [2.05, 4.69) is 20.7 Å². The minimum Gasteiger partial charge on any atom is -0.372 e. The third-order valence-electron chi connectivity index (χ3n) is 6.41. The molecule has 0 spiro atoms. The molecule has 1 aromatic heterocycles. The van der Waals surface area contributed by atoms with Crippen molar-refractivity contribution in [2.24, 2.45) is 5.10 Å². The van der Waals surface area contributed by atoms with Crippen molar-refractivity contribution in [2.45, 2.75) is 26.3 Å². The summed E-state index contributed by atoms with van der Waals surface area (Å²) >= 11 is 0. The van der Waals surface area contributed by atoms with Crippen molar-refractivity contribution in [2.75, 3.05) is 23.3 Å². The number of hydrazone groups is 1. The smallest absolute Gasteiger partial charge is 0.271 e. The van der Waals surface area contributed by atoms with Gasteiger partial charge in [0, 0.05) is 52.7 Å². The lowest BCUT2D eigenvalue weighted by Crippen LogP contribution is -2.19. The van der Waals surface area contributed by atoms with E-state index in [0.29, 0.717) is 5.56 Å². The van der Waals surface area contributed by atoms with Gasteiger partial charge in [-0.1, -0.05) is 30.3 Å². The van der Waals surface area contributed by atoms with E-state index >= 15 is 0 Å². The predicted octanol–water partition coefficient (Wildman–Crippen LogP) is 4.95. The number of hydrogen-bond donors (Lipinski definition) is 2. The molecule has 0 atom stereocenters. The molecule has 0 unspecified atom stereocenters. The SMILES string of the molecule is Cc1cccc(NC(=O)Cn2cc(/C=N\NC(=O)c3ccc(N4CCCC4)cc3)c3ccccc32)c1. The molecule has 0 radical (unpaired) electrons. The first-order chi connectivity index (χ1) is 17.6.